The Labute approximate surface area is 108 Å². The molecule has 1 unspecified atom stereocenters. The fourth-order valence-electron chi connectivity index (χ4n) is 2.19. The second-order valence-corrected chi connectivity index (χ2v) is 4.71. The normalized spacial score (nSPS) is 18.5. The van der Waals surface area contributed by atoms with Gasteiger partial charge in [0.1, 0.15) is 5.75 Å². The van der Waals surface area contributed by atoms with Crippen LogP contribution in [0.4, 0.5) is 5.69 Å². The van der Waals surface area contributed by atoms with Crippen molar-refractivity contribution in [2.45, 2.75) is 32.3 Å². The monoisotopic (exact) mass is 248 g/mol. The van der Waals surface area contributed by atoms with Gasteiger partial charge in [-0.15, -0.1) is 0 Å². The molecule has 0 fully saturated rings. The Bertz CT molecular complexity index is 445. The van der Waals surface area contributed by atoms with Crippen molar-refractivity contribution in [1.82, 2.24) is 0 Å². The topological polar surface area (TPSA) is 55.6 Å². The molecule has 0 spiro atoms. The molecule has 1 amide bonds. The smallest absolute Gasteiger partial charge is 0.267 e. The van der Waals surface area contributed by atoms with E-state index in [1.165, 1.54) is 5.56 Å². The van der Waals surface area contributed by atoms with Gasteiger partial charge in [-0.1, -0.05) is 6.07 Å². The molecule has 0 aliphatic carbocycles. The molecule has 0 saturated carbocycles. The molecule has 1 heterocycles. The third-order valence-corrected chi connectivity index (χ3v) is 3.29. The average Bonchev–Trinajstić information content (AvgIpc) is 2.37. The van der Waals surface area contributed by atoms with Gasteiger partial charge in [-0.3, -0.25) is 4.79 Å². The Kier molecular flexibility index (Phi) is 3.87. The molecule has 1 aromatic carbocycles. The van der Waals surface area contributed by atoms with Crippen LogP contribution in [0.1, 0.15) is 25.3 Å². The van der Waals surface area contributed by atoms with Crippen LogP contribution >= 0.6 is 0 Å². The van der Waals surface area contributed by atoms with E-state index >= 15 is 0 Å². The standard InChI is InChI=1S/C14H20N2O2/c1-10-14(17)16(2)12-9-11(5-3-4-8-15)6-7-13(12)18-10/h6-7,9-10H,3-5,8,15H2,1-2H3. The fraction of sp³-hybridized carbons (Fsp3) is 0.500. The highest BCUT2D eigenvalue weighted by molar-refractivity contribution is 5.99. The zero-order valence-electron chi connectivity index (χ0n) is 11.0. The van der Waals surface area contributed by atoms with E-state index in [-0.39, 0.29) is 5.91 Å². The molecule has 2 rings (SSSR count). The lowest BCUT2D eigenvalue weighted by molar-refractivity contribution is -0.125. The molecule has 4 heteroatoms. The number of carbonyl (C=O) groups is 1. The summed E-state index contributed by atoms with van der Waals surface area (Å²) in [5.41, 5.74) is 7.57. The van der Waals surface area contributed by atoms with E-state index in [1.807, 2.05) is 12.1 Å². The van der Waals surface area contributed by atoms with E-state index in [0.29, 0.717) is 0 Å². The maximum Gasteiger partial charge on any atom is 0.267 e. The van der Waals surface area contributed by atoms with Crippen LogP contribution in [0.2, 0.25) is 0 Å². The molecule has 0 aromatic heterocycles. The van der Waals surface area contributed by atoms with Crippen molar-refractivity contribution in [3.8, 4) is 5.75 Å². The van der Waals surface area contributed by atoms with E-state index < -0.39 is 6.10 Å². The first kappa shape index (κ1) is 12.9. The number of hydrogen-bond donors (Lipinski definition) is 1. The molecule has 98 valence electrons. The van der Waals surface area contributed by atoms with Crippen LogP contribution in [0.5, 0.6) is 5.75 Å². The van der Waals surface area contributed by atoms with Crippen LogP contribution in [0.3, 0.4) is 0 Å². The number of carbonyl (C=O) groups excluding carboxylic acids is 1. The molecule has 18 heavy (non-hydrogen) atoms. The molecule has 0 radical (unpaired) electrons. The number of nitrogens with two attached hydrogens (primary N) is 1. The predicted octanol–water partition coefficient (Wildman–Crippen LogP) is 1.71. The van der Waals surface area contributed by atoms with Gasteiger partial charge in [0, 0.05) is 7.05 Å². The summed E-state index contributed by atoms with van der Waals surface area (Å²) < 4.78 is 5.58. The van der Waals surface area contributed by atoms with Crippen LogP contribution in [-0.4, -0.2) is 25.6 Å². The summed E-state index contributed by atoms with van der Waals surface area (Å²) in [6, 6.07) is 6.05. The quantitative estimate of drug-likeness (QED) is 0.825. The molecule has 1 aromatic rings. The molecule has 4 nitrogen and oxygen atoms in total. The summed E-state index contributed by atoms with van der Waals surface area (Å²) in [6.45, 7) is 2.50. The van der Waals surface area contributed by atoms with Gasteiger partial charge in [0.25, 0.3) is 5.91 Å². The minimum absolute atomic E-state index is 0.00149. The third-order valence-electron chi connectivity index (χ3n) is 3.29. The van der Waals surface area contributed by atoms with Crippen LogP contribution in [-0.2, 0) is 11.2 Å². The number of anilines is 1. The van der Waals surface area contributed by atoms with Gasteiger partial charge in [0.15, 0.2) is 6.10 Å². The molecule has 1 aliphatic rings. The summed E-state index contributed by atoms with van der Waals surface area (Å²) in [7, 11) is 1.80. The zero-order valence-corrected chi connectivity index (χ0v) is 11.0. The highest BCUT2D eigenvalue weighted by Crippen LogP contribution is 2.34. The predicted molar refractivity (Wildman–Crippen MR) is 71.9 cm³/mol. The van der Waals surface area contributed by atoms with Gasteiger partial charge in [-0.25, -0.2) is 0 Å². The molecule has 0 bridgehead atoms. The highest BCUT2D eigenvalue weighted by Gasteiger charge is 2.28. The third kappa shape index (κ3) is 2.48. The molecular weight excluding hydrogens is 228 g/mol. The molecule has 1 atom stereocenters. The Morgan fingerprint density at radius 1 is 1.39 bits per heavy atom. The Balaban J connectivity index is 2.18. The van der Waals surface area contributed by atoms with Crippen molar-refractivity contribution in [2.75, 3.05) is 18.5 Å². The summed E-state index contributed by atoms with van der Waals surface area (Å²) >= 11 is 0. The van der Waals surface area contributed by atoms with Crippen LogP contribution < -0.4 is 15.4 Å². The van der Waals surface area contributed by atoms with Crippen molar-refractivity contribution in [3.05, 3.63) is 23.8 Å². The van der Waals surface area contributed by atoms with Crippen molar-refractivity contribution in [2.24, 2.45) is 5.73 Å². The van der Waals surface area contributed by atoms with Crippen LogP contribution in [0.15, 0.2) is 18.2 Å². The molecular formula is C14H20N2O2. The number of amides is 1. The number of fused-ring (bicyclic) bond motifs is 1. The van der Waals surface area contributed by atoms with Crippen molar-refractivity contribution < 1.29 is 9.53 Å². The largest absolute Gasteiger partial charge is 0.479 e. The van der Waals surface area contributed by atoms with E-state index in [4.69, 9.17) is 10.5 Å². The SMILES string of the molecule is CC1Oc2ccc(CCCCN)cc2N(C)C1=O. The Morgan fingerprint density at radius 2 is 2.17 bits per heavy atom. The van der Waals surface area contributed by atoms with E-state index in [9.17, 15) is 4.79 Å². The van der Waals surface area contributed by atoms with E-state index in [2.05, 4.69) is 6.07 Å². The summed E-state index contributed by atoms with van der Waals surface area (Å²) in [4.78, 5) is 13.5. The van der Waals surface area contributed by atoms with Gasteiger partial charge in [0.05, 0.1) is 5.69 Å². The van der Waals surface area contributed by atoms with Gasteiger partial charge < -0.3 is 15.4 Å². The van der Waals surface area contributed by atoms with Crippen LogP contribution in [0.25, 0.3) is 0 Å². The second-order valence-electron chi connectivity index (χ2n) is 4.71. The van der Waals surface area contributed by atoms with E-state index in [0.717, 1.165) is 37.2 Å². The zero-order chi connectivity index (χ0) is 13.1. The first-order valence-corrected chi connectivity index (χ1v) is 6.40. The number of aryl methyl sites for hydroxylation is 1. The number of hydrogen-bond acceptors (Lipinski definition) is 3. The summed E-state index contributed by atoms with van der Waals surface area (Å²) in [5.74, 6) is 0.786. The maximum atomic E-state index is 11.8. The Morgan fingerprint density at radius 3 is 2.89 bits per heavy atom. The maximum absolute atomic E-state index is 11.8. The van der Waals surface area contributed by atoms with Gasteiger partial charge in [-0.05, 0) is 50.4 Å². The first-order chi connectivity index (χ1) is 8.63. The van der Waals surface area contributed by atoms with Gasteiger partial charge in [-0.2, -0.15) is 0 Å². The lowest BCUT2D eigenvalue weighted by Gasteiger charge is -2.30. The Hall–Kier alpha value is -1.55. The van der Waals surface area contributed by atoms with Crippen LogP contribution in [0, 0.1) is 0 Å². The molecule has 1 aliphatic heterocycles. The minimum Gasteiger partial charge on any atom is -0.479 e. The number of benzene rings is 1. The number of unbranched alkanes of at least 4 members (excludes halogenated alkanes) is 1. The van der Waals surface area contributed by atoms with E-state index in [1.54, 1.807) is 18.9 Å². The molecule has 0 saturated heterocycles. The first-order valence-electron chi connectivity index (χ1n) is 6.40. The summed E-state index contributed by atoms with van der Waals surface area (Å²) in [6.07, 6.45) is 2.69. The highest BCUT2D eigenvalue weighted by atomic mass is 16.5. The second kappa shape index (κ2) is 5.40. The number of rotatable bonds is 4. The van der Waals surface area contributed by atoms with Gasteiger partial charge in [0.2, 0.25) is 0 Å². The van der Waals surface area contributed by atoms with Crippen molar-refractivity contribution >= 4 is 11.6 Å². The number of nitrogens with zero attached hydrogens (tertiary/aromatic N) is 1. The number of likely N-dealkylation sites (N-methyl/N-ethyl adjacent to an activating group) is 1. The van der Waals surface area contributed by atoms with Crippen molar-refractivity contribution in [3.63, 3.8) is 0 Å². The van der Waals surface area contributed by atoms with Gasteiger partial charge >= 0.3 is 0 Å². The molecule has 2 N–H and O–H groups in total. The number of ether oxygens (including phenoxy) is 1. The minimum atomic E-state index is -0.398. The lowest BCUT2D eigenvalue weighted by atomic mass is 10.1. The van der Waals surface area contributed by atoms with Crippen molar-refractivity contribution in [1.29, 1.82) is 0 Å². The fourth-order valence-corrected chi connectivity index (χ4v) is 2.19. The summed E-state index contributed by atoms with van der Waals surface area (Å²) in [5, 5.41) is 0. The average molecular weight is 248 g/mol. The lowest BCUT2D eigenvalue weighted by Crippen LogP contribution is -2.42.